The van der Waals surface area contributed by atoms with Crippen LogP contribution in [0.5, 0.6) is 0 Å². The summed E-state index contributed by atoms with van der Waals surface area (Å²) in [6.45, 7) is 1.35. The van der Waals surface area contributed by atoms with Gasteiger partial charge in [-0.1, -0.05) is 18.9 Å². The highest BCUT2D eigenvalue weighted by molar-refractivity contribution is 5.75. The fourth-order valence-corrected chi connectivity index (χ4v) is 2.55. The molecule has 0 radical (unpaired) electrons. The standard InChI is InChI=1S/C14H17F2NO2/c15-11-6-5-10(9-12(11)16)13(14(18)19)17-7-3-1-2-4-8-17/h5-6,9,13H,1-4,7-8H2,(H,18,19). The molecule has 2 rings (SSSR count). The van der Waals surface area contributed by atoms with Crippen molar-refractivity contribution in [2.75, 3.05) is 13.1 Å². The average Bonchev–Trinajstić information content (AvgIpc) is 2.62. The molecule has 1 unspecified atom stereocenters. The molecule has 0 spiro atoms. The first-order valence-electron chi connectivity index (χ1n) is 6.51. The van der Waals surface area contributed by atoms with Crippen LogP contribution in [0.3, 0.4) is 0 Å². The fourth-order valence-electron chi connectivity index (χ4n) is 2.55. The van der Waals surface area contributed by atoms with Crippen molar-refractivity contribution in [1.82, 2.24) is 4.90 Å². The van der Waals surface area contributed by atoms with E-state index < -0.39 is 23.6 Å². The Morgan fingerprint density at radius 2 is 1.74 bits per heavy atom. The van der Waals surface area contributed by atoms with Gasteiger partial charge >= 0.3 is 5.97 Å². The van der Waals surface area contributed by atoms with E-state index in [0.717, 1.165) is 37.8 Å². The van der Waals surface area contributed by atoms with Gasteiger partial charge in [0.15, 0.2) is 11.6 Å². The molecule has 1 fully saturated rings. The van der Waals surface area contributed by atoms with Crippen LogP contribution in [0, 0.1) is 11.6 Å². The van der Waals surface area contributed by atoms with E-state index >= 15 is 0 Å². The monoisotopic (exact) mass is 269 g/mol. The van der Waals surface area contributed by atoms with E-state index in [2.05, 4.69) is 0 Å². The van der Waals surface area contributed by atoms with Crippen molar-refractivity contribution >= 4 is 5.97 Å². The predicted octanol–water partition coefficient (Wildman–Crippen LogP) is 2.97. The molecule has 1 N–H and O–H groups in total. The van der Waals surface area contributed by atoms with Crippen molar-refractivity contribution in [3.05, 3.63) is 35.4 Å². The third kappa shape index (κ3) is 3.29. The molecule has 3 nitrogen and oxygen atoms in total. The van der Waals surface area contributed by atoms with Gasteiger partial charge in [0.05, 0.1) is 0 Å². The molecule has 19 heavy (non-hydrogen) atoms. The maximum atomic E-state index is 13.3. The summed E-state index contributed by atoms with van der Waals surface area (Å²) in [6, 6.07) is 2.42. The first kappa shape index (κ1) is 13.9. The van der Waals surface area contributed by atoms with Crippen LogP contribution in [0.15, 0.2) is 18.2 Å². The second-order valence-electron chi connectivity index (χ2n) is 4.86. The summed E-state index contributed by atoms with van der Waals surface area (Å²) in [4.78, 5) is 13.3. The smallest absolute Gasteiger partial charge is 0.325 e. The van der Waals surface area contributed by atoms with Gasteiger partial charge in [-0.2, -0.15) is 0 Å². The van der Waals surface area contributed by atoms with E-state index in [4.69, 9.17) is 0 Å². The van der Waals surface area contributed by atoms with Crippen LogP contribution >= 0.6 is 0 Å². The Morgan fingerprint density at radius 1 is 1.11 bits per heavy atom. The number of halogens is 2. The van der Waals surface area contributed by atoms with Crippen molar-refractivity contribution in [2.45, 2.75) is 31.7 Å². The van der Waals surface area contributed by atoms with Crippen LogP contribution in [0.1, 0.15) is 37.3 Å². The predicted molar refractivity (Wildman–Crippen MR) is 66.8 cm³/mol. The summed E-state index contributed by atoms with van der Waals surface area (Å²) in [5.41, 5.74) is 0.299. The van der Waals surface area contributed by atoms with E-state index in [0.29, 0.717) is 18.7 Å². The normalized spacial score (nSPS) is 18.8. The van der Waals surface area contributed by atoms with Gasteiger partial charge in [0.2, 0.25) is 0 Å². The summed E-state index contributed by atoms with van der Waals surface area (Å²) >= 11 is 0. The van der Waals surface area contributed by atoms with Crippen molar-refractivity contribution in [3.8, 4) is 0 Å². The largest absolute Gasteiger partial charge is 0.480 e. The molecular formula is C14H17F2NO2. The summed E-state index contributed by atoms with van der Waals surface area (Å²) in [5.74, 6) is -2.98. The number of hydrogen-bond donors (Lipinski definition) is 1. The number of aliphatic carboxylic acids is 1. The highest BCUT2D eigenvalue weighted by atomic mass is 19.2. The van der Waals surface area contributed by atoms with E-state index in [-0.39, 0.29) is 0 Å². The quantitative estimate of drug-likeness (QED) is 0.917. The maximum absolute atomic E-state index is 13.3. The topological polar surface area (TPSA) is 40.5 Å². The lowest BCUT2D eigenvalue weighted by molar-refractivity contribution is -0.143. The minimum absolute atomic E-state index is 0.299. The lowest BCUT2D eigenvalue weighted by Crippen LogP contribution is -2.35. The third-order valence-corrected chi connectivity index (χ3v) is 3.50. The molecule has 104 valence electrons. The van der Waals surface area contributed by atoms with Gasteiger partial charge in [-0.25, -0.2) is 8.78 Å². The first-order chi connectivity index (χ1) is 9.09. The molecule has 5 heteroatoms. The summed E-state index contributed by atoms with van der Waals surface area (Å²) in [5, 5.41) is 9.37. The summed E-state index contributed by atoms with van der Waals surface area (Å²) in [7, 11) is 0. The zero-order valence-corrected chi connectivity index (χ0v) is 10.6. The zero-order valence-electron chi connectivity index (χ0n) is 10.6. The minimum atomic E-state index is -1.02. The van der Waals surface area contributed by atoms with Gasteiger partial charge in [-0.3, -0.25) is 9.69 Å². The van der Waals surface area contributed by atoms with Crippen LogP contribution in [-0.4, -0.2) is 29.1 Å². The molecule has 1 saturated heterocycles. The van der Waals surface area contributed by atoms with Crippen LogP contribution in [0.4, 0.5) is 8.78 Å². The van der Waals surface area contributed by atoms with Gasteiger partial charge < -0.3 is 5.11 Å². The number of likely N-dealkylation sites (tertiary alicyclic amines) is 1. The third-order valence-electron chi connectivity index (χ3n) is 3.50. The number of rotatable bonds is 3. The minimum Gasteiger partial charge on any atom is -0.480 e. The van der Waals surface area contributed by atoms with Crippen molar-refractivity contribution in [1.29, 1.82) is 0 Å². The molecule has 1 aromatic carbocycles. The maximum Gasteiger partial charge on any atom is 0.325 e. The Kier molecular flexibility index (Phi) is 4.47. The van der Waals surface area contributed by atoms with Gasteiger partial charge in [-0.15, -0.1) is 0 Å². The molecule has 0 amide bonds. The Bertz CT molecular complexity index is 457. The number of benzene rings is 1. The van der Waals surface area contributed by atoms with Crippen LogP contribution in [-0.2, 0) is 4.79 Å². The van der Waals surface area contributed by atoms with Crippen LogP contribution in [0.2, 0.25) is 0 Å². The number of carbonyl (C=O) groups is 1. The van der Waals surface area contributed by atoms with Gasteiger partial charge in [0.25, 0.3) is 0 Å². The van der Waals surface area contributed by atoms with Crippen LogP contribution < -0.4 is 0 Å². The van der Waals surface area contributed by atoms with Gasteiger partial charge in [-0.05, 0) is 43.6 Å². The highest BCUT2D eigenvalue weighted by Crippen LogP contribution is 2.25. The van der Waals surface area contributed by atoms with Crippen molar-refractivity contribution in [2.24, 2.45) is 0 Å². The summed E-state index contributed by atoms with van der Waals surface area (Å²) < 4.78 is 26.2. The Hall–Kier alpha value is -1.49. The number of hydrogen-bond acceptors (Lipinski definition) is 2. The molecule has 1 atom stereocenters. The molecule has 0 saturated carbocycles. The second kappa shape index (κ2) is 6.10. The molecule has 0 bridgehead atoms. The molecule has 1 heterocycles. The van der Waals surface area contributed by atoms with Gasteiger partial charge in [0, 0.05) is 0 Å². The van der Waals surface area contributed by atoms with Gasteiger partial charge in [0.1, 0.15) is 6.04 Å². The average molecular weight is 269 g/mol. The van der Waals surface area contributed by atoms with Crippen LogP contribution in [0.25, 0.3) is 0 Å². The molecule has 0 aliphatic carbocycles. The SMILES string of the molecule is O=C(O)C(c1ccc(F)c(F)c1)N1CCCCCC1. The lowest BCUT2D eigenvalue weighted by atomic mass is 10.0. The van der Waals surface area contributed by atoms with E-state index in [1.807, 2.05) is 4.90 Å². The Morgan fingerprint density at radius 3 is 2.26 bits per heavy atom. The molecule has 1 aliphatic heterocycles. The van der Waals surface area contributed by atoms with Crippen molar-refractivity contribution < 1.29 is 18.7 Å². The first-order valence-corrected chi connectivity index (χ1v) is 6.51. The van der Waals surface area contributed by atoms with E-state index in [9.17, 15) is 18.7 Å². The number of nitrogens with zero attached hydrogens (tertiary/aromatic N) is 1. The second-order valence-corrected chi connectivity index (χ2v) is 4.86. The highest BCUT2D eigenvalue weighted by Gasteiger charge is 2.28. The molecular weight excluding hydrogens is 252 g/mol. The van der Waals surface area contributed by atoms with Crippen molar-refractivity contribution in [3.63, 3.8) is 0 Å². The van der Waals surface area contributed by atoms with E-state index in [1.165, 1.54) is 6.07 Å². The molecule has 1 aromatic rings. The zero-order chi connectivity index (χ0) is 13.8. The molecule has 0 aromatic heterocycles. The lowest BCUT2D eigenvalue weighted by Gasteiger charge is -2.27. The fraction of sp³-hybridized carbons (Fsp3) is 0.500. The van der Waals surface area contributed by atoms with E-state index in [1.54, 1.807) is 0 Å². The molecule has 1 aliphatic rings. The summed E-state index contributed by atoms with van der Waals surface area (Å²) in [6.07, 6.45) is 4.04. The number of carboxylic acid groups (broad SMARTS) is 1. The number of carboxylic acids is 1. The Labute approximate surface area is 110 Å². The Balaban J connectivity index is 2.27.